The Balaban J connectivity index is 1.95. The summed E-state index contributed by atoms with van der Waals surface area (Å²) in [5.41, 5.74) is 6.58. The lowest BCUT2D eigenvalue weighted by atomic mass is 9.78. The van der Waals surface area contributed by atoms with E-state index in [4.69, 9.17) is 19.8 Å². The summed E-state index contributed by atoms with van der Waals surface area (Å²) in [5.74, 6) is 1.44. The van der Waals surface area contributed by atoms with Crippen LogP contribution in [0.25, 0.3) is 0 Å². The lowest BCUT2D eigenvalue weighted by Crippen LogP contribution is -2.41. The zero-order valence-electron chi connectivity index (χ0n) is 14.0. The van der Waals surface area contributed by atoms with Crippen molar-refractivity contribution in [1.29, 1.82) is 0 Å². The van der Waals surface area contributed by atoms with Crippen molar-refractivity contribution >= 4 is 18.3 Å². The fraction of sp³-hybridized carbons (Fsp3) is 0.333. The van der Waals surface area contributed by atoms with Gasteiger partial charge in [0.05, 0.1) is 11.2 Å². The molecule has 0 atom stereocenters. The molecule has 2 N–H and O–H groups in total. The maximum atomic E-state index is 6.13. The molecule has 0 bridgehead atoms. The minimum atomic E-state index is -0.512. The summed E-state index contributed by atoms with van der Waals surface area (Å²) in [4.78, 5) is 0. The fourth-order valence-electron chi connectivity index (χ4n) is 2.43. The van der Waals surface area contributed by atoms with Crippen LogP contribution < -0.4 is 15.9 Å². The maximum Gasteiger partial charge on any atom is 0.498 e. The van der Waals surface area contributed by atoms with E-state index in [-0.39, 0.29) is 0 Å². The van der Waals surface area contributed by atoms with Gasteiger partial charge in [0.1, 0.15) is 11.5 Å². The molecular formula is C18H22BNO3. The summed E-state index contributed by atoms with van der Waals surface area (Å²) in [6.07, 6.45) is 0. The maximum absolute atomic E-state index is 6.13. The van der Waals surface area contributed by atoms with Gasteiger partial charge in [0.2, 0.25) is 0 Å². The third-order valence-corrected chi connectivity index (χ3v) is 4.51. The SMILES string of the molecule is CC1(C)OB(c2cc(N)ccc2Oc2ccccc2)OC1(C)C. The van der Waals surface area contributed by atoms with Crippen molar-refractivity contribution in [2.24, 2.45) is 0 Å². The number of hydrogen-bond donors (Lipinski definition) is 1. The minimum absolute atomic E-state index is 0.410. The van der Waals surface area contributed by atoms with Gasteiger partial charge in [-0.3, -0.25) is 0 Å². The minimum Gasteiger partial charge on any atom is -0.458 e. The van der Waals surface area contributed by atoms with Crippen LogP contribution in [0.5, 0.6) is 11.5 Å². The molecule has 120 valence electrons. The van der Waals surface area contributed by atoms with Gasteiger partial charge >= 0.3 is 7.12 Å². The average Bonchev–Trinajstić information content (AvgIpc) is 2.70. The molecule has 0 unspecified atom stereocenters. The molecule has 0 radical (unpaired) electrons. The summed E-state index contributed by atoms with van der Waals surface area (Å²) in [6.45, 7) is 8.10. The van der Waals surface area contributed by atoms with Gasteiger partial charge in [-0.2, -0.15) is 0 Å². The first-order valence-corrected chi connectivity index (χ1v) is 7.76. The van der Waals surface area contributed by atoms with E-state index in [1.165, 1.54) is 0 Å². The van der Waals surface area contributed by atoms with E-state index in [0.29, 0.717) is 11.4 Å². The quantitative estimate of drug-likeness (QED) is 0.697. The van der Waals surface area contributed by atoms with E-state index < -0.39 is 18.3 Å². The van der Waals surface area contributed by atoms with Gasteiger partial charge in [-0.1, -0.05) is 18.2 Å². The molecule has 1 saturated heterocycles. The van der Waals surface area contributed by atoms with E-state index in [9.17, 15) is 0 Å². The zero-order valence-corrected chi connectivity index (χ0v) is 14.0. The second kappa shape index (κ2) is 5.58. The van der Waals surface area contributed by atoms with Gasteiger partial charge in [-0.15, -0.1) is 0 Å². The standard InChI is InChI=1S/C18H22BNO3/c1-17(2)18(3,4)23-19(22-17)15-12-13(20)10-11-16(15)21-14-8-6-5-7-9-14/h5-12H,20H2,1-4H3. The molecule has 1 fully saturated rings. The molecule has 5 heteroatoms. The lowest BCUT2D eigenvalue weighted by Gasteiger charge is -2.32. The molecule has 3 rings (SSSR count). The molecular weight excluding hydrogens is 289 g/mol. The molecule has 2 aromatic rings. The summed E-state index contributed by atoms with van der Waals surface area (Å²) < 4.78 is 18.2. The van der Waals surface area contributed by atoms with Crippen LogP contribution in [0.4, 0.5) is 5.69 Å². The molecule has 4 nitrogen and oxygen atoms in total. The number of ether oxygens (including phenoxy) is 1. The Morgan fingerprint density at radius 1 is 0.913 bits per heavy atom. The first-order valence-electron chi connectivity index (χ1n) is 7.76. The molecule has 0 amide bonds. The van der Waals surface area contributed by atoms with E-state index in [2.05, 4.69) is 0 Å². The smallest absolute Gasteiger partial charge is 0.458 e. The Morgan fingerprint density at radius 3 is 2.13 bits per heavy atom. The Labute approximate surface area is 137 Å². The first-order chi connectivity index (χ1) is 10.8. The van der Waals surface area contributed by atoms with Gasteiger partial charge < -0.3 is 19.8 Å². The highest BCUT2D eigenvalue weighted by atomic mass is 16.7. The molecule has 2 aromatic carbocycles. The highest BCUT2D eigenvalue weighted by Crippen LogP contribution is 2.37. The molecule has 0 aromatic heterocycles. The molecule has 0 aliphatic carbocycles. The lowest BCUT2D eigenvalue weighted by molar-refractivity contribution is 0.00578. The van der Waals surface area contributed by atoms with Crippen molar-refractivity contribution < 1.29 is 14.0 Å². The van der Waals surface area contributed by atoms with Crippen LogP contribution in [0.15, 0.2) is 48.5 Å². The predicted molar refractivity (Wildman–Crippen MR) is 93.1 cm³/mol. The fourth-order valence-corrected chi connectivity index (χ4v) is 2.43. The second-order valence-corrected chi connectivity index (χ2v) is 6.80. The number of benzene rings is 2. The van der Waals surface area contributed by atoms with Crippen molar-refractivity contribution in [2.45, 2.75) is 38.9 Å². The van der Waals surface area contributed by atoms with Gasteiger partial charge in [-0.05, 0) is 58.0 Å². The van der Waals surface area contributed by atoms with Crippen LogP contribution in [0.3, 0.4) is 0 Å². The van der Waals surface area contributed by atoms with E-state index in [0.717, 1.165) is 11.2 Å². The monoisotopic (exact) mass is 311 g/mol. The second-order valence-electron chi connectivity index (χ2n) is 6.80. The Kier molecular flexibility index (Phi) is 3.86. The van der Waals surface area contributed by atoms with Crippen LogP contribution in [-0.4, -0.2) is 18.3 Å². The topological polar surface area (TPSA) is 53.7 Å². The highest BCUT2D eigenvalue weighted by molar-refractivity contribution is 6.63. The summed E-state index contributed by atoms with van der Waals surface area (Å²) in [6, 6.07) is 15.1. The zero-order chi connectivity index (χ0) is 16.7. The average molecular weight is 311 g/mol. The van der Waals surface area contributed by atoms with E-state index in [1.54, 1.807) is 0 Å². The Morgan fingerprint density at radius 2 is 1.52 bits per heavy atom. The normalized spacial score (nSPS) is 18.9. The molecule has 1 heterocycles. The Hall–Kier alpha value is -1.98. The van der Waals surface area contributed by atoms with Crippen molar-refractivity contribution in [2.75, 3.05) is 5.73 Å². The highest BCUT2D eigenvalue weighted by Gasteiger charge is 2.52. The summed E-state index contributed by atoms with van der Waals surface area (Å²) in [5, 5.41) is 0. The molecule has 0 spiro atoms. The number of nitrogen functional groups attached to an aromatic ring is 1. The van der Waals surface area contributed by atoms with Gasteiger partial charge in [0.15, 0.2) is 0 Å². The summed E-state index contributed by atoms with van der Waals surface area (Å²) >= 11 is 0. The number of nitrogens with two attached hydrogens (primary N) is 1. The molecule has 1 aliphatic rings. The van der Waals surface area contributed by atoms with Crippen LogP contribution in [0, 0.1) is 0 Å². The number of hydrogen-bond acceptors (Lipinski definition) is 4. The van der Waals surface area contributed by atoms with Crippen LogP contribution in [0.1, 0.15) is 27.7 Å². The van der Waals surface area contributed by atoms with Crippen molar-refractivity contribution in [3.63, 3.8) is 0 Å². The number of rotatable bonds is 3. The molecule has 0 saturated carbocycles. The summed E-state index contributed by atoms with van der Waals surface area (Å²) in [7, 11) is -0.512. The van der Waals surface area contributed by atoms with Crippen LogP contribution in [-0.2, 0) is 9.31 Å². The third-order valence-electron chi connectivity index (χ3n) is 4.51. The Bertz CT molecular complexity index is 685. The van der Waals surface area contributed by atoms with Gasteiger partial charge in [0.25, 0.3) is 0 Å². The first kappa shape index (κ1) is 15.9. The molecule has 1 aliphatic heterocycles. The van der Waals surface area contributed by atoms with Crippen LogP contribution in [0.2, 0.25) is 0 Å². The third kappa shape index (κ3) is 3.07. The largest absolute Gasteiger partial charge is 0.498 e. The van der Waals surface area contributed by atoms with E-state index >= 15 is 0 Å². The van der Waals surface area contributed by atoms with E-state index in [1.807, 2.05) is 76.2 Å². The van der Waals surface area contributed by atoms with Gasteiger partial charge in [0, 0.05) is 11.2 Å². The van der Waals surface area contributed by atoms with Crippen LogP contribution >= 0.6 is 0 Å². The number of para-hydroxylation sites is 1. The van der Waals surface area contributed by atoms with Crippen molar-refractivity contribution in [3.05, 3.63) is 48.5 Å². The van der Waals surface area contributed by atoms with Gasteiger partial charge in [-0.25, -0.2) is 0 Å². The van der Waals surface area contributed by atoms with Crippen molar-refractivity contribution in [1.82, 2.24) is 0 Å². The predicted octanol–water partition coefficient (Wildman–Crippen LogP) is 3.36. The molecule has 23 heavy (non-hydrogen) atoms. The number of anilines is 1. The van der Waals surface area contributed by atoms with Crippen molar-refractivity contribution in [3.8, 4) is 11.5 Å².